The van der Waals surface area contributed by atoms with Gasteiger partial charge in [0.1, 0.15) is 0 Å². The molecule has 0 aliphatic carbocycles. The van der Waals surface area contributed by atoms with Crippen molar-refractivity contribution in [3.05, 3.63) is 47.3 Å². The SMILES string of the molecule is CCC(NCc1c(C)nn(-c2ccccc2)c1C)C(C)C. The number of hydrogen-bond donors (Lipinski definition) is 1. The molecule has 0 aliphatic heterocycles. The van der Waals surface area contributed by atoms with Crippen molar-refractivity contribution in [2.45, 2.75) is 53.6 Å². The quantitative estimate of drug-likeness (QED) is 0.869. The third-order valence-electron chi connectivity index (χ3n) is 4.23. The maximum atomic E-state index is 4.71. The molecule has 2 aromatic rings. The van der Waals surface area contributed by atoms with E-state index in [1.54, 1.807) is 0 Å². The molecule has 0 fully saturated rings. The largest absolute Gasteiger partial charge is 0.310 e. The lowest BCUT2D eigenvalue weighted by atomic mass is 10.0. The van der Waals surface area contributed by atoms with Gasteiger partial charge >= 0.3 is 0 Å². The molecule has 0 saturated heterocycles. The highest BCUT2D eigenvalue weighted by atomic mass is 15.3. The normalized spacial score (nSPS) is 12.9. The minimum atomic E-state index is 0.559. The highest BCUT2D eigenvalue weighted by Crippen LogP contribution is 2.18. The third-order valence-corrected chi connectivity index (χ3v) is 4.23. The number of benzene rings is 1. The Kier molecular flexibility index (Phi) is 5.18. The van der Waals surface area contributed by atoms with Gasteiger partial charge in [0.25, 0.3) is 0 Å². The van der Waals surface area contributed by atoms with Crippen molar-refractivity contribution in [2.24, 2.45) is 5.92 Å². The zero-order chi connectivity index (χ0) is 15.4. The number of nitrogens with one attached hydrogen (secondary N) is 1. The first kappa shape index (κ1) is 15.8. The standard InChI is InChI=1S/C18H27N3/c1-6-18(13(2)3)19-12-17-14(4)20-21(15(17)5)16-10-8-7-9-11-16/h7-11,13,18-19H,6,12H2,1-5H3. The maximum absolute atomic E-state index is 4.71. The Balaban J connectivity index is 2.20. The lowest BCUT2D eigenvalue weighted by Gasteiger charge is -2.20. The summed E-state index contributed by atoms with van der Waals surface area (Å²) in [5.74, 6) is 0.653. The molecule has 1 aromatic heterocycles. The first-order valence-corrected chi connectivity index (χ1v) is 7.88. The number of rotatable bonds is 6. The Labute approximate surface area is 128 Å². The number of aryl methyl sites for hydroxylation is 1. The van der Waals surface area contributed by atoms with E-state index in [2.05, 4.69) is 64.2 Å². The average molecular weight is 285 g/mol. The Morgan fingerprint density at radius 3 is 2.38 bits per heavy atom. The first-order chi connectivity index (χ1) is 10.0. The van der Waals surface area contributed by atoms with Crippen LogP contribution in [0.5, 0.6) is 0 Å². The predicted molar refractivity (Wildman–Crippen MR) is 88.8 cm³/mol. The smallest absolute Gasteiger partial charge is 0.0648 e. The topological polar surface area (TPSA) is 29.9 Å². The van der Waals surface area contributed by atoms with Gasteiger partial charge in [0.05, 0.1) is 11.4 Å². The van der Waals surface area contributed by atoms with Crippen LogP contribution in [0.1, 0.15) is 44.1 Å². The fourth-order valence-corrected chi connectivity index (χ4v) is 2.84. The molecule has 3 heteroatoms. The van der Waals surface area contributed by atoms with Crippen LogP contribution in [-0.2, 0) is 6.54 Å². The summed E-state index contributed by atoms with van der Waals surface area (Å²) in [6.07, 6.45) is 1.16. The Morgan fingerprint density at radius 1 is 1.14 bits per heavy atom. The molecule has 1 atom stereocenters. The van der Waals surface area contributed by atoms with Crippen LogP contribution in [0, 0.1) is 19.8 Å². The molecule has 3 nitrogen and oxygen atoms in total. The molecule has 0 spiro atoms. The van der Waals surface area contributed by atoms with Crippen molar-refractivity contribution in [3.63, 3.8) is 0 Å². The van der Waals surface area contributed by atoms with Gasteiger partial charge in [-0.3, -0.25) is 0 Å². The molecular weight excluding hydrogens is 258 g/mol. The number of para-hydroxylation sites is 1. The molecule has 1 N–H and O–H groups in total. The predicted octanol–water partition coefficient (Wildman–Crippen LogP) is 4.01. The number of hydrogen-bond acceptors (Lipinski definition) is 2. The van der Waals surface area contributed by atoms with Crippen LogP contribution < -0.4 is 5.32 Å². The summed E-state index contributed by atoms with van der Waals surface area (Å²) in [5.41, 5.74) is 4.78. The van der Waals surface area contributed by atoms with Gasteiger partial charge in [-0.1, -0.05) is 39.0 Å². The molecule has 2 rings (SSSR count). The summed E-state index contributed by atoms with van der Waals surface area (Å²) in [4.78, 5) is 0. The van der Waals surface area contributed by atoms with Crippen molar-refractivity contribution in [3.8, 4) is 5.69 Å². The third kappa shape index (κ3) is 3.53. The summed E-state index contributed by atoms with van der Waals surface area (Å²) in [6.45, 7) is 11.9. The molecule has 1 unspecified atom stereocenters. The molecule has 0 saturated carbocycles. The van der Waals surface area contributed by atoms with Crippen LogP contribution in [0.4, 0.5) is 0 Å². The summed E-state index contributed by atoms with van der Waals surface area (Å²) in [7, 11) is 0. The lowest BCUT2D eigenvalue weighted by molar-refractivity contribution is 0.387. The summed E-state index contributed by atoms with van der Waals surface area (Å²) >= 11 is 0. The van der Waals surface area contributed by atoms with Crippen molar-refractivity contribution < 1.29 is 0 Å². The fourth-order valence-electron chi connectivity index (χ4n) is 2.84. The summed E-state index contributed by atoms with van der Waals surface area (Å²) in [6, 6.07) is 10.9. The maximum Gasteiger partial charge on any atom is 0.0648 e. The van der Waals surface area contributed by atoms with Crippen molar-refractivity contribution >= 4 is 0 Å². The summed E-state index contributed by atoms with van der Waals surface area (Å²) in [5, 5.41) is 8.38. The van der Waals surface area contributed by atoms with E-state index in [1.165, 1.54) is 11.3 Å². The van der Waals surface area contributed by atoms with Crippen LogP contribution >= 0.6 is 0 Å². The van der Waals surface area contributed by atoms with Gasteiger partial charge in [0.2, 0.25) is 0 Å². The molecular formula is C18H27N3. The zero-order valence-corrected chi connectivity index (χ0v) is 13.9. The van der Waals surface area contributed by atoms with E-state index < -0.39 is 0 Å². The van der Waals surface area contributed by atoms with Crippen LogP contribution in [0.2, 0.25) is 0 Å². The van der Waals surface area contributed by atoms with E-state index >= 15 is 0 Å². The van der Waals surface area contributed by atoms with Gasteiger partial charge in [0.15, 0.2) is 0 Å². The second-order valence-electron chi connectivity index (χ2n) is 6.04. The molecule has 0 amide bonds. The van der Waals surface area contributed by atoms with E-state index in [1.807, 2.05) is 10.7 Å². The van der Waals surface area contributed by atoms with Crippen LogP contribution in [-0.4, -0.2) is 15.8 Å². The molecule has 1 heterocycles. The van der Waals surface area contributed by atoms with Gasteiger partial charge in [-0.05, 0) is 38.3 Å². The molecule has 0 radical (unpaired) electrons. The Bertz CT molecular complexity index is 570. The van der Waals surface area contributed by atoms with Crippen LogP contribution in [0.15, 0.2) is 30.3 Å². The van der Waals surface area contributed by atoms with E-state index in [0.29, 0.717) is 12.0 Å². The minimum absolute atomic E-state index is 0.559. The van der Waals surface area contributed by atoms with E-state index in [0.717, 1.165) is 24.3 Å². The van der Waals surface area contributed by atoms with Crippen LogP contribution in [0.25, 0.3) is 5.69 Å². The van der Waals surface area contributed by atoms with Gasteiger partial charge in [-0.15, -0.1) is 0 Å². The average Bonchev–Trinajstić information content (AvgIpc) is 2.76. The minimum Gasteiger partial charge on any atom is -0.310 e. The van der Waals surface area contributed by atoms with Crippen LogP contribution in [0.3, 0.4) is 0 Å². The molecule has 114 valence electrons. The van der Waals surface area contributed by atoms with Crippen molar-refractivity contribution in [1.82, 2.24) is 15.1 Å². The molecule has 1 aromatic carbocycles. The van der Waals surface area contributed by atoms with Crippen molar-refractivity contribution in [2.75, 3.05) is 0 Å². The van der Waals surface area contributed by atoms with Gasteiger partial charge in [0, 0.05) is 23.8 Å². The highest BCUT2D eigenvalue weighted by Gasteiger charge is 2.15. The fraction of sp³-hybridized carbons (Fsp3) is 0.500. The summed E-state index contributed by atoms with van der Waals surface area (Å²) < 4.78 is 2.04. The molecule has 21 heavy (non-hydrogen) atoms. The van der Waals surface area contributed by atoms with E-state index in [9.17, 15) is 0 Å². The monoisotopic (exact) mass is 285 g/mol. The molecule has 0 aliphatic rings. The molecule has 0 bridgehead atoms. The van der Waals surface area contributed by atoms with Gasteiger partial charge in [-0.25, -0.2) is 4.68 Å². The van der Waals surface area contributed by atoms with Gasteiger partial charge in [-0.2, -0.15) is 5.10 Å². The second-order valence-corrected chi connectivity index (χ2v) is 6.04. The Hall–Kier alpha value is -1.61. The lowest BCUT2D eigenvalue weighted by Crippen LogP contribution is -2.32. The zero-order valence-electron chi connectivity index (χ0n) is 13.9. The Morgan fingerprint density at radius 2 is 1.81 bits per heavy atom. The number of aromatic nitrogens is 2. The van der Waals surface area contributed by atoms with Crippen molar-refractivity contribution in [1.29, 1.82) is 0 Å². The number of nitrogens with zero attached hydrogens (tertiary/aromatic N) is 2. The van der Waals surface area contributed by atoms with E-state index in [4.69, 9.17) is 5.10 Å². The van der Waals surface area contributed by atoms with E-state index in [-0.39, 0.29) is 0 Å². The van der Waals surface area contributed by atoms with Gasteiger partial charge < -0.3 is 5.32 Å². The second kappa shape index (κ2) is 6.90. The highest BCUT2D eigenvalue weighted by molar-refractivity contribution is 5.36. The first-order valence-electron chi connectivity index (χ1n) is 7.88.